The normalized spacial score (nSPS) is 15.1. The molecule has 11 heteroatoms. The predicted octanol–water partition coefficient (Wildman–Crippen LogP) is 0.686. The summed E-state index contributed by atoms with van der Waals surface area (Å²) >= 11 is 0. The summed E-state index contributed by atoms with van der Waals surface area (Å²) in [5.74, 6) is -2.03. The van der Waals surface area contributed by atoms with E-state index in [2.05, 4.69) is 9.61 Å². The number of alkyl halides is 3. The number of halogens is 3. The summed E-state index contributed by atoms with van der Waals surface area (Å²) < 4.78 is 68.3. The van der Waals surface area contributed by atoms with Crippen LogP contribution in [0.4, 0.5) is 13.2 Å². The average Bonchev–Trinajstić information content (AvgIpc) is 2.37. The SMILES string of the molecule is COc1ccc2c(c1OS(=O)(=O)C(F)(F)F)C(=O)N[N]C2. The molecule has 1 heterocycles. The van der Waals surface area contributed by atoms with Crippen molar-refractivity contribution in [2.24, 2.45) is 0 Å². The molecule has 1 N–H and O–H groups in total. The number of hydrogen-bond donors (Lipinski definition) is 1. The summed E-state index contributed by atoms with van der Waals surface area (Å²) in [4.78, 5) is 11.7. The van der Waals surface area contributed by atoms with Crippen molar-refractivity contribution in [1.82, 2.24) is 10.9 Å². The second-order valence-corrected chi connectivity index (χ2v) is 5.41. The third-order valence-electron chi connectivity index (χ3n) is 2.56. The molecule has 0 saturated heterocycles. The largest absolute Gasteiger partial charge is 0.534 e. The quantitative estimate of drug-likeness (QED) is 0.651. The van der Waals surface area contributed by atoms with E-state index in [1.165, 1.54) is 12.1 Å². The second kappa shape index (κ2) is 5.07. The number of carbonyl (C=O) groups is 1. The van der Waals surface area contributed by atoms with E-state index in [9.17, 15) is 26.4 Å². The van der Waals surface area contributed by atoms with Gasteiger partial charge in [0.15, 0.2) is 11.5 Å². The first-order chi connectivity index (χ1) is 9.67. The number of rotatable bonds is 3. The number of carbonyl (C=O) groups excluding carboxylic acids is 1. The number of methoxy groups -OCH3 is 1. The van der Waals surface area contributed by atoms with Crippen LogP contribution in [0.25, 0.3) is 0 Å². The van der Waals surface area contributed by atoms with Crippen LogP contribution in [-0.4, -0.2) is 26.9 Å². The van der Waals surface area contributed by atoms with Crippen LogP contribution in [0.1, 0.15) is 15.9 Å². The molecule has 7 nitrogen and oxygen atoms in total. The number of hydrogen-bond acceptors (Lipinski definition) is 5. The second-order valence-electron chi connectivity index (χ2n) is 3.87. The van der Waals surface area contributed by atoms with Crippen molar-refractivity contribution < 1.29 is 35.3 Å². The van der Waals surface area contributed by atoms with Gasteiger partial charge in [-0.25, -0.2) is 0 Å². The topological polar surface area (TPSA) is 95.8 Å². The van der Waals surface area contributed by atoms with Gasteiger partial charge in [0.1, 0.15) is 0 Å². The first-order valence-corrected chi connectivity index (χ1v) is 6.75. The molecule has 1 amide bonds. The molecule has 0 saturated carbocycles. The maximum atomic E-state index is 12.4. The molecule has 1 aromatic carbocycles. The molecule has 2 rings (SSSR count). The lowest BCUT2D eigenvalue weighted by molar-refractivity contribution is -0.0500. The zero-order valence-electron chi connectivity index (χ0n) is 10.4. The third-order valence-corrected chi connectivity index (χ3v) is 3.51. The Hall–Kier alpha value is -2.01. The van der Waals surface area contributed by atoms with E-state index in [4.69, 9.17) is 4.74 Å². The number of fused-ring (bicyclic) bond motifs is 1. The lowest BCUT2D eigenvalue weighted by atomic mass is 10.0. The van der Waals surface area contributed by atoms with Crippen LogP contribution in [0, 0.1) is 0 Å². The number of nitrogens with zero attached hydrogens (tertiary/aromatic N) is 1. The molecule has 0 unspecified atom stereocenters. The Morgan fingerprint density at radius 3 is 2.57 bits per heavy atom. The van der Waals surface area contributed by atoms with E-state index >= 15 is 0 Å². The highest BCUT2D eigenvalue weighted by atomic mass is 32.2. The molecule has 21 heavy (non-hydrogen) atoms. The van der Waals surface area contributed by atoms with Crippen LogP contribution >= 0.6 is 0 Å². The minimum absolute atomic E-state index is 0.0342. The molecular formula is C10H8F3N2O5S. The van der Waals surface area contributed by atoms with Crippen molar-refractivity contribution in [3.05, 3.63) is 23.3 Å². The monoisotopic (exact) mass is 325 g/mol. The molecule has 115 valence electrons. The summed E-state index contributed by atoms with van der Waals surface area (Å²) in [6.07, 6.45) is 0. The minimum atomic E-state index is -5.93. The minimum Gasteiger partial charge on any atom is -0.493 e. The van der Waals surface area contributed by atoms with Crippen LogP contribution in [0.3, 0.4) is 0 Å². The molecule has 0 bridgehead atoms. The van der Waals surface area contributed by atoms with Gasteiger partial charge in [0.2, 0.25) is 0 Å². The summed E-state index contributed by atoms with van der Waals surface area (Å²) in [7, 11) is -4.83. The Bertz CT molecular complexity index is 687. The highest BCUT2D eigenvalue weighted by Crippen LogP contribution is 2.38. The van der Waals surface area contributed by atoms with Crippen LogP contribution in [0.15, 0.2) is 12.1 Å². The average molecular weight is 325 g/mol. The van der Waals surface area contributed by atoms with E-state index in [1.54, 1.807) is 0 Å². The molecule has 0 atom stereocenters. The van der Waals surface area contributed by atoms with Crippen LogP contribution < -0.4 is 19.8 Å². The van der Waals surface area contributed by atoms with Gasteiger partial charge in [0, 0.05) is 0 Å². The van der Waals surface area contributed by atoms with E-state index in [-0.39, 0.29) is 23.4 Å². The van der Waals surface area contributed by atoms with Crippen molar-refractivity contribution in [3.8, 4) is 11.5 Å². The smallest absolute Gasteiger partial charge is 0.493 e. The lowest BCUT2D eigenvalue weighted by Crippen LogP contribution is -2.38. The summed E-state index contributed by atoms with van der Waals surface area (Å²) in [5.41, 5.74) is -0.175. The van der Waals surface area contributed by atoms with Gasteiger partial charge in [-0.15, -0.1) is 5.43 Å². The first kappa shape index (κ1) is 15.4. The van der Waals surface area contributed by atoms with Crippen molar-refractivity contribution >= 4 is 16.0 Å². The van der Waals surface area contributed by atoms with Gasteiger partial charge >= 0.3 is 15.6 Å². The van der Waals surface area contributed by atoms with Crippen molar-refractivity contribution in [1.29, 1.82) is 0 Å². The fourth-order valence-electron chi connectivity index (χ4n) is 1.64. The van der Waals surface area contributed by atoms with Gasteiger partial charge in [-0.3, -0.25) is 10.2 Å². The fraction of sp³-hybridized carbons (Fsp3) is 0.300. The zero-order valence-corrected chi connectivity index (χ0v) is 11.2. The Morgan fingerprint density at radius 2 is 2.00 bits per heavy atom. The summed E-state index contributed by atoms with van der Waals surface area (Å²) in [5, 5.41) is 0. The van der Waals surface area contributed by atoms with Crippen LogP contribution in [0.5, 0.6) is 11.5 Å². The molecule has 0 spiro atoms. The van der Waals surface area contributed by atoms with Gasteiger partial charge in [0.05, 0.1) is 19.2 Å². The molecule has 1 aliphatic heterocycles. The number of ether oxygens (including phenoxy) is 1. The van der Waals surface area contributed by atoms with E-state index in [1.807, 2.05) is 5.43 Å². The van der Waals surface area contributed by atoms with E-state index in [0.717, 1.165) is 7.11 Å². The van der Waals surface area contributed by atoms with Gasteiger partial charge in [-0.1, -0.05) is 6.07 Å². The molecule has 0 aliphatic carbocycles. The Balaban J connectivity index is 2.60. The number of amides is 1. The van der Waals surface area contributed by atoms with Crippen molar-refractivity contribution in [3.63, 3.8) is 0 Å². The Labute approximate surface area is 117 Å². The van der Waals surface area contributed by atoms with Crippen molar-refractivity contribution in [2.75, 3.05) is 7.11 Å². The predicted molar refractivity (Wildman–Crippen MR) is 61.9 cm³/mol. The number of nitrogens with one attached hydrogen (secondary N) is 1. The maximum absolute atomic E-state index is 12.4. The first-order valence-electron chi connectivity index (χ1n) is 5.35. The maximum Gasteiger partial charge on any atom is 0.534 e. The highest BCUT2D eigenvalue weighted by molar-refractivity contribution is 7.88. The molecule has 1 aromatic rings. The highest BCUT2D eigenvalue weighted by Gasteiger charge is 2.49. The zero-order chi connectivity index (χ0) is 15.8. The molecule has 1 aliphatic rings. The van der Waals surface area contributed by atoms with Crippen molar-refractivity contribution in [2.45, 2.75) is 12.1 Å². The standard InChI is InChI=1S/C10H8F3N2O5S/c1-19-6-3-2-5-4-14-15-9(16)7(5)8(6)20-21(17,18)10(11,12)13/h2-3H,4H2,1H3,(H,15,16). The number of benzene rings is 1. The molecule has 0 aromatic heterocycles. The summed E-state index contributed by atoms with van der Waals surface area (Å²) in [6.45, 7) is -0.0342. The third kappa shape index (κ3) is 2.74. The van der Waals surface area contributed by atoms with E-state index in [0.29, 0.717) is 0 Å². The Kier molecular flexibility index (Phi) is 3.72. The van der Waals surface area contributed by atoms with Gasteiger partial charge in [0.25, 0.3) is 5.91 Å². The fourth-order valence-corrected chi connectivity index (χ4v) is 2.12. The van der Waals surface area contributed by atoms with Crippen LogP contribution in [-0.2, 0) is 16.7 Å². The van der Waals surface area contributed by atoms with Gasteiger partial charge < -0.3 is 8.92 Å². The summed E-state index contributed by atoms with van der Waals surface area (Å²) in [6, 6.07) is 2.57. The van der Waals surface area contributed by atoms with E-state index < -0.39 is 27.3 Å². The lowest BCUT2D eigenvalue weighted by Gasteiger charge is -2.21. The molecule has 0 fully saturated rings. The Morgan fingerprint density at radius 1 is 1.33 bits per heavy atom. The molecular weight excluding hydrogens is 317 g/mol. The van der Waals surface area contributed by atoms with Gasteiger partial charge in [-0.2, -0.15) is 21.6 Å². The van der Waals surface area contributed by atoms with Gasteiger partial charge in [-0.05, 0) is 11.6 Å². The van der Waals surface area contributed by atoms with Crippen LogP contribution in [0.2, 0.25) is 0 Å². The molecule has 1 radical (unpaired) electrons.